The molecule has 3 rings (SSSR count). The van der Waals surface area contributed by atoms with Crippen LogP contribution in [-0.4, -0.2) is 0 Å². The fourth-order valence-corrected chi connectivity index (χ4v) is 5.26. The Balaban J connectivity index is 2.52. The molecule has 0 N–H and O–H groups in total. The Morgan fingerprint density at radius 3 is 0.935 bits per heavy atom. The molecule has 0 aliphatic carbocycles. The molecule has 0 heterocycles. The van der Waals surface area contributed by atoms with Crippen LogP contribution in [0.15, 0.2) is 49.1 Å². The van der Waals surface area contributed by atoms with Crippen molar-refractivity contribution in [3.05, 3.63) is 111 Å². The van der Waals surface area contributed by atoms with E-state index in [-0.39, 0.29) is 45.2 Å². The van der Waals surface area contributed by atoms with Crippen molar-refractivity contribution in [2.24, 2.45) is 0 Å². The first-order chi connectivity index (χ1) is 14.5. The smallest absolute Gasteiger partial charge is 0.0778 e. The van der Waals surface area contributed by atoms with E-state index in [0.29, 0.717) is 23.1 Å². The van der Waals surface area contributed by atoms with Crippen LogP contribution in [0.4, 0.5) is 0 Å². The highest BCUT2D eigenvalue weighted by atomic mass is 35.5. The van der Waals surface area contributed by atoms with Crippen LogP contribution in [0.1, 0.15) is 23.1 Å². The van der Waals surface area contributed by atoms with Gasteiger partial charge in [-0.05, 0) is 59.5 Å². The summed E-state index contributed by atoms with van der Waals surface area (Å²) in [6, 6.07) is 10.3. The third kappa shape index (κ3) is 4.80. The van der Waals surface area contributed by atoms with Crippen molar-refractivity contribution in [2.75, 3.05) is 0 Å². The van der Waals surface area contributed by atoms with Gasteiger partial charge in [-0.2, -0.15) is 0 Å². The molecule has 3 aromatic carbocycles. The highest BCUT2D eigenvalue weighted by molar-refractivity contribution is 6.49. The second kappa shape index (κ2) is 10.1. The van der Waals surface area contributed by atoms with Gasteiger partial charge in [-0.3, -0.25) is 0 Å². The molecule has 0 unspecified atom stereocenters. The first-order valence-electron chi connectivity index (χ1n) is 8.58. The maximum atomic E-state index is 6.39. The molecule has 162 valence electrons. The van der Waals surface area contributed by atoms with E-state index in [9.17, 15) is 0 Å². The van der Waals surface area contributed by atoms with Crippen LogP contribution in [0, 0.1) is 0 Å². The van der Waals surface area contributed by atoms with Crippen LogP contribution >= 0.6 is 104 Å². The first kappa shape index (κ1) is 25.6. The maximum Gasteiger partial charge on any atom is 0.0778 e. The molecule has 31 heavy (non-hydrogen) atoms. The Morgan fingerprint density at radius 1 is 0.516 bits per heavy atom. The summed E-state index contributed by atoms with van der Waals surface area (Å²) in [5.41, 5.74) is 1.12. The molecule has 0 aliphatic rings. The predicted octanol–water partition coefficient (Wildman–Crippen LogP) is 11.5. The van der Waals surface area contributed by atoms with Crippen LogP contribution in [0.5, 0.6) is 0 Å². The van der Waals surface area contributed by atoms with Crippen molar-refractivity contribution < 1.29 is 0 Å². The Morgan fingerprint density at radius 2 is 0.742 bits per heavy atom. The summed E-state index contributed by atoms with van der Waals surface area (Å²) in [6.07, 6.45) is 2.12. The van der Waals surface area contributed by atoms with Gasteiger partial charge in [-0.15, -0.1) is 6.58 Å². The zero-order chi connectivity index (χ0) is 23.1. The zero-order valence-electron chi connectivity index (χ0n) is 15.4. The summed E-state index contributed by atoms with van der Waals surface area (Å²) in [5.74, 6) is 0. The first-order valence-corrected chi connectivity index (χ1v) is 12.0. The SMILES string of the molecule is C=CCC(c1cc(Cl)c(Cl)c(Cl)c1)(c1cc(Cl)c(Cl)c(Cl)c1)c1cc(Cl)c(Cl)c(Cl)c1. The minimum absolute atomic E-state index is 0.235. The van der Waals surface area contributed by atoms with E-state index in [2.05, 4.69) is 6.58 Å². The number of hydrogen-bond donors (Lipinski definition) is 0. The molecule has 0 nitrogen and oxygen atoms in total. The largest absolute Gasteiger partial charge is 0.103 e. The Kier molecular flexibility index (Phi) is 8.35. The molecule has 9 heteroatoms. The Bertz CT molecular complexity index is 975. The van der Waals surface area contributed by atoms with Crippen LogP contribution in [-0.2, 0) is 5.41 Å². The lowest BCUT2D eigenvalue weighted by Crippen LogP contribution is -2.29. The highest BCUT2D eigenvalue weighted by Crippen LogP contribution is 2.49. The van der Waals surface area contributed by atoms with E-state index < -0.39 is 5.41 Å². The van der Waals surface area contributed by atoms with E-state index in [0.717, 1.165) is 0 Å². The fraction of sp³-hybridized carbons (Fsp3) is 0.0909. The maximum absolute atomic E-state index is 6.39. The van der Waals surface area contributed by atoms with Crippen LogP contribution in [0.3, 0.4) is 0 Å². The molecule has 0 saturated heterocycles. The van der Waals surface area contributed by atoms with Crippen molar-refractivity contribution in [1.82, 2.24) is 0 Å². The summed E-state index contributed by atoms with van der Waals surface area (Å²) >= 11 is 56.9. The standard InChI is InChI=1S/C22H11Cl9/c1-2-3-22(10-4-13(23)19(29)14(24)5-10,11-6-15(25)20(30)16(26)7-11)12-8-17(27)21(31)18(28)9-12/h2,4-9H,1,3H2. The van der Waals surface area contributed by atoms with Crippen LogP contribution in [0.25, 0.3) is 0 Å². The summed E-state index contributed by atoms with van der Waals surface area (Å²) in [4.78, 5) is 0. The second-order valence-electron chi connectivity index (χ2n) is 6.66. The van der Waals surface area contributed by atoms with Gasteiger partial charge < -0.3 is 0 Å². The topological polar surface area (TPSA) is 0 Å². The normalized spacial score (nSPS) is 11.6. The lowest BCUT2D eigenvalue weighted by atomic mass is 9.67. The van der Waals surface area contributed by atoms with E-state index in [1.807, 2.05) is 0 Å². The Hall–Kier alpha value is 0.01000. The fourth-order valence-electron chi connectivity index (χ4n) is 3.48. The molecule has 0 amide bonds. The van der Waals surface area contributed by atoms with E-state index >= 15 is 0 Å². The monoisotopic (exact) mass is 590 g/mol. The summed E-state index contributed by atoms with van der Waals surface area (Å²) in [7, 11) is 0. The summed E-state index contributed by atoms with van der Waals surface area (Å²) < 4.78 is 0. The number of benzene rings is 3. The van der Waals surface area contributed by atoms with Gasteiger partial charge in [0.15, 0.2) is 0 Å². The van der Waals surface area contributed by atoms with Gasteiger partial charge in [0.1, 0.15) is 0 Å². The molecule has 0 atom stereocenters. The third-order valence-corrected chi connectivity index (χ3v) is 8.47. The highest BCUT2D eigenvalue weighted by Gasteiger charge is 2.38. The van der Waals surface area contributed by atoms with Crippen molar-refractivity contribution >= 4 is 104 Å². The predicted molar refractivity (Wildman–Crippen MR) is 139 cm³/mol. The van der Waals surface area contributed by atoms with Gasteiger partial charge in [0.05, 0.1) is 45.2 Å². The number of allylic oxidation sites excluding steroid dienone is 1. The Labute approximate surface area is 225 Å². The molecule has 0 radical (unpaired) electrons. The van der Waals surface area contributed by atoms with Crippen molar-refractivity contribution in [1.29, 1.82) is 0 Å². The van der Waals surface area contributed by atoms with Gasteiger partial charge in [0, 0.05) is 5.41 Å². The van der Waals surface area contributed by atoms with Crippen molar-refractivity contribution in [2.45, 2.75) is 11.8 Å². The van der Waals surface area contributed by atoms with E-state index in [1.165, 1.54) is 0 Å². The molecular weight excluding hydrogens is 583 g/mol. The summed E-state index contributed by atoms with van der Waals surface area (Å²) in [5, 5.41) is 2.34. The van der Waals surface area contributed by atoms with Gasteiger partial charge in [0.2, 0.25) is 0 Å². The quantitative estimate of drug-likeness (QED) is 0.157. The molecule has 0 aromatic heterocycles. The molecule has 0 fully saturated rings. The van der Waals surface area contributed by atoms with E-state index in [1.54, 1.807) is 42.5 Å². The number of halogens is 9. The van der Waals surface area contributed by atoms with Gasteiger partial charge in [-0.1, -0.05) is 110 Å². The molecule has 0 bridgehead atoms. The van der Waals surface area contributed by atoms with Crippen LogP contribution in [0.2, 0.25) is 45.2 Å². The van der Waals surface area contributed by atoms with Gasteiger partial charge >= 0.3 is 0 Å². The minimum Gasteiger partial charge on any atom is -0.103 e. The van der Waals surface area contributed by atoms with Crippen molar-refractivity contribution in [3.63, 3.8) is 0 Å². The lowest BCUT2D eigenvalue weighted by molar-refractivity contribution is 0.628. The second-order valence-corrected chi connectivity index (χ2v) is 10.2. The van der Waals surface area contributed by atoms with Gasteiger partial charge in [0.25, 0.3) is 0 Å². The average Bonchev–Trinajstić information content (AvgIpc) is 2.71. The van der Waals surface area contributed by atoms with E-state index in [4.69, 9.17) is 104 Å². The molecule has 0 aliphatic heterocycles. The minimum atomic E-state index is -0.949. The van der Waals surface area contributed by atoms with Gasteiger partial charge in [-0.25, -0.2) is 0 Å². The molecule has 3 aromatic rings. The zero-order valence-corrected chi connectivity index (χ0v) is 22.2. The molecule has 0 spiro atoms. The average molecular weight is 594 g/mol. The number of hydrogen-bond acceptors (Lipinski definition) is 0. The molecular formula is C22H11Cl9. The molecule has 0 saturated carbocycles. The number of rotatable bonds is 5. The van der Waals surface area contributed by atoms with Crippen LogP contribution < -0.4 is 0 Å². The third-order valence-electron chi connectivity index (χ3n) is 4.88. The lowest BCUT2D eigenvalue weighted by Gasteiger charge is -2.36. The van der Waals surface area contributed by atoms with Crippen molar-refractivity contribution in [3.8, 4) is 0 Å². The summed E-state index contributed by atoms with van der Waals surface area (Å²) in [6.45, 7) is 3.93.